The van der Waals surface area contributed by atoms with Crippen LogP contribution in [0.25, 0.3) is 0 Å². The van der Waals surface area contributed by atoms with Crippen molar-refractivity contribution in [1.29, 1.82) is 0 Å². The maximum absolute atomic E-state index is 5.27. The molecule has 0 aromatic carbocycles. The van der Waals surface area contributed by atoms with Crippen molar-refractivity contribution in [3.8, 4) is 0 Å². The average Bonchev–Trinajstić information content (AvgIpc) is 3.30. The van der Waals surface area contributed by atoms with Gasteiger partial charge in [-0.2, -0.15) is 0 Å². The monoisotopic (exact) mass is 277 g/mol. The summed E-state index contributed by atoms with van der Waals surface area (Å²) < 4.78 is 5.27. The van der Waals surface area contributed by atoms with Gasteiger partial charge in [0.15, 0.2) is 0 Å². The average molecular weight is 277 g/mol. The van der Waals surface area contributed by atoms with Crippen LogP contribution in [0, 0.1) is 5.92 Å². The van der Waals surface area contributed by atoms with Crippen LogP contribution in [-0.4, -0.2) is 37.8 Å². The first-order chi connectivity index (χ1) is 9.76. The topological polar surface area (TPSA) is 37.4 Å². The van der Waals surface area contributed by atoms with Crippen molar-refractivity contribution in [3.05, 3.63) is 24.0 Å². The van der Waals surface area contributed by atoms with Crippen molar-refractivity contribution in [3.63, 3.8) is 0 Å². The van der Waals surface area contributed by atoms with E-state index in [0.717, 1.165) is 37.9 Å². The van der Waals surface area contributed by atoms with E-state index in [-0.39, 0.29) is 0 Å². The van der Waals surface area contributed by atoms with Crippen molar-refractivity contribution < 1.29 is 4.74 Å². The molecule has 112 valence electrons. The van der Waals surface area contributed by atoms with E-state index in [2.05, 4.69) is 41.2 Å². The summed E-state index contributed by atoms with van der Waals surface area (Å²) in [6.07, 6.45) is 4.64. The summed E-state index contributed by atoms with van der Waals surface area (Å²) in [5.41, 5.74) is 2.37. The Hall–Kier alpha value is -1.13. The molecule has 0 saturated heterocycles. The van der Waals surface area contributed by atoms with E-state index < -0.39 is 0 Å². The highest BCUT2D eigenvalue weighted by atomic mass is 16.5. The van der Waals surface area contributed by atoms with Gasteiger partial charge in [0.1, 0.15) is 0 Å². The SMILES string of the molecule is CCNCc1cc(N(CCOC)C(C)C2CC2)ccn1. The van der Waals surface area contributed by atoms with E-state index >= 15 is 0 Å². The molecular weight excluding hydrogens is 250 g/mol. The number of anilines is 1. The van der Waals surface area contributed by atoms with Gasteiger partial charge in [0.2, 0.25) is 0 Å². The summed E-state index contributed by atoms with van der Waals surface area (Å²) in [6.45, 7) is 7.96. The normalized spacial score (nSPS) is 16.1. The molecule has 1 unspecified atom stereocenters. The Labute approximate surface area is 122 Å². The van der Waals surface area contributed by atoms with Gasteiger partial charge >= 0.3 is 0 Å². The predicted molar refractivity (Wildman–Crippen MR) is 83.0 cm³/mol. The molecule has 1 aliphatic carbocycles. The van der Waals surface area contributed by atoms with Crippen LogP contribution in [0.5, 0.6) is 0 Å². The lowest BCUT2D eigenvalue weighted by Gasteiger charge is -2.31. The van der Waals surface area contributed by atoms with E-state index in [4.69, 9.17) is 4.74 Å². The lowest BCUT2D eigenvalue weighted by atomic mass is 10.1. The summed E-state index contributed by atoms with van der Waals surface area (Å²) in [7, 11) is 1.77. The number of rotatable bonds is 9. The summed E-state index contributed by atoms with van der Waals surface area (Å²) in [5, 5.41) is 3.33. The van der Waals surface area contributed by atoms with Crippen LogP contribution < -0.4 is 10.2 Å². The molecular formula is C16H27N3O. The van der Waals surface area contributed by atoms with Crippen molar-refractivity contribution in [1.82, 2.24) is 10.3 Å². The number of hydrogen-bond donors (Lipinski definition) is 1. The molecule has 0 amide bonds. The number of hydrogen-bond acceptors (Lipinski definition) is 4. The first kappa shape index (κ1) is 15.3. The second kappa shape index (κ2) is 7.60. The third-order valence-electron chi connectivity index (χ3n) is 4.02. The minimum atomic E-state index is 0.583. The Morgan fingerprint density at radius 1 is 1.50 bits per heavy atom. The minimum absolute atomic E-state index is 0.583. The Bertz CT molecular complexity index is 406. The quantitative estimate of drug-likeness (QED) is 0.752. The zero-order chi connectivity index (χ0) is 14.4. The Morgan fingerprint density at radius 2 is 2.30 bits per heavy atom. The fourth-order valence-electron chi connectivity index (χ4n) is 2.58. The Balaban J connectivity index is 2.09. The van der Waals surface area contributed by atoms with Gasteiger partial charge in [-0.1, -0.05) is 6.92 Å². The number of pyridine rings is 1. The molecule has 0 spiro atoms. The Morgan fingerprint density at radius 3 is 2.95 bits per heavy atom. The molecule has 1 atom stereocenters. The predicted octanol–water partition coefficient (Wildman–Crippen LogP) is 2.44. The van der Waals surface area contributed by atoms with Gasteiger partial charge in [0.25, 0.3) is 0 Å². The highest BCUT2D eigenvalue weighted by Gasteiger charge is 2.32. The van der Waals surface area contributed by atoms with Gasteiger partial charge in [-0.25, -0.2) is 0 Å². The molecule has 1 heterocycles. The first-order valence-corrected chi connectivity index (χ1v) is 7.67. The van der Waals surface area contributed by atoms with Crippen molar-refractivity contribution >= 4 is 5.69 Å². The first-order valence-electron chi connectivity index (χ1n) is 7.67. The van der Waals surface area contributed by atoms with E-state index in [0.29, 0.717) is 6.04 Å². The standard InChI is InChI=1S/C16H27N3O/c1-4-17-12-15-11-16(7-8-18-15)19(9-10-20-3)13(2)14-5-6-14/h7-8,11,13-14,17H,4-6,9-10,12H2,1-3H3. The highest BCUT2D eigenvalue weighted by Crippen LogP contribution is 2.36. The smallest absolute Gasteiger partial charge is 0.0637 e. The molecule has 1 fully saturated rings. The zero-order valence-electron chi connectivity index (χ0n) is 12.9. The number of aromatic nitrogens is 1. The summed E-state index contributed by atoms with van der Waals surface area (Å²) in [6, 6.07) is 4.90. The highest BCUT2D eigenvalue weighted by molar-refractivity contribution is 5.48. The number of ether oxygens (including phenoxy) is 1. The van der Waals surface area contributed by atoms with Gasteiger partial charge in [-0.3, -0.25) is 4.98 Å². The third-order valence-corrected chi connectivity index (χ3v) is 4.02. The van der Waals surface area contributed by atoms with Crippen LogP contribution in [0.4, 0.5) is 5.69 Å². The van der Waals surface area contributed by atoms with Crippen LogP contribution in [0.1, 0.15) is 32.4 Å². The van der Waals surface area contributed by atoms with Crippen LogP contribution in [0.3, 0.4) is 0 Å². The summed E-state index contributed by atoms with van der Waals surface area (Å²) in [4.78, 5) is 6.91. The van der Waals surface area contributed by atoms with E-state index in [9.17, 15) is 0 Å². The second-order valence-electron chi connectivity index (χ2n) is 5.55. The zero-order valence-corrected chi connectivity index (χ0v) is 12.9. The molecule has 0 radical (unpaired) electrons. The van der Waals surface area contributed by atoms with Gasteiger partial charge < -0.3 is 15.0 Å². The van der Waals surface area contributed by atoms with Crippen LogP contribution in [0.15, 0.2) is 18.3 Å². The lowest BCUT2D eigenvalue weighted by Crippen LogP contribution is -2.37. The van der Waals surface area contributed by atoms with Crippen molar-refractivity contribution in [2.75, 3.05) is 31.7 Å². The molecule has 2 rings (SSSR count). The van der Waals surface area contributed by atoms with Crippen molar-refractivity contribution in [2.24, 2.45) is 5.92 Å². The molecule has 1 aromatic rings. The molecule has 1 saturated carbocycles. The van der Waals surface area contributed by atoms with E-state index in [1.165, 1.54) is 18.5 Å². The molecule has 20 heavy (non-hydrogen) atoms. The molecule has 4 nitrogen and oxygen atoms in total. The number of methoxy groups -OCH3 is 1. The summed E-state index contributed by atoms with van der Waals surface area (Å²) in [5.74, 6) is 0.845. The van der Waals surface area contributed by atoms with Gasteiger partial charge in [-0.15, -0.1) is 0 Å². The molecule has 1 aromatic heterocycles. The summed E-state index contributed by atoms with van der Waals surface area (Å²) >= 11 is 0. The number of nitrogens with one attached hydrogen (secondary N) is 1. The molecule has 1 N–H and O–H groups in total. The molecule has 0 bridgehead atoms. The van der Waals surface area contributed by atoms with Crippen LogP contribution in [0.2, 0.25) is 0 Å². The van der Waals surface area contributed by atoms with Crippen molar-refractivity contribution in [2.45, 2.75) is 39.3 Å². The maximum atomic E-state index is 5.27. The number of nitrogens with zero attached hydrogens (tertiary/aromatic N) is 2. The fourth-order valence-corrected chi connectivity index (χ4v) is 2.58. The molecule has 0 aliphatic heterocycles. The van der Waals surface area contributed by atoms with Crippen LogP contribution in [-0.2, 0) is 11.3 Å². The molecule has 4 heteroatoms. The van der Waals surface area contributed by atoms with Gasteiger partial charge in [0, 0.05) is 38.1 Å². The maximum Gasteiger partial charge on any atom is 0.0637 e. The van der Waals surface area contributed by atoms with Crippen LogP contribution >= 0.6 is 0 Å². The fraction of sp³-hybridized carbons (Fsp3) is 0.688. The molecule has 1 aliphatic rings. The minimum Gasteiger partial charge on any atom is -0.383 e. The Kier molecular flexibility index (Phi) is 5.80. The largest absolute Gasteiger partial charge is 0.383 e. The van der Waals surface area contributed by atoms with Gasteiger partial charge in [-0.05, 0) is 44.4 Å². The van der Waals surface area contributed by atoms with E-state index in [1.54, 1.807) is 7.11 Å². The lowest BCUT2D eigenvalue weighted by molar-refractivity contribution is 0.202. The second-order valence-corrected chi connectivity index (χ2v) is 5.55. The van der Waals surface area contributed by atoms with E-state index in [1.807, 2.05) is 6.20 Å². The third kappa shape index (κ3) is 4.18. The van der Waals surface area contributed by atoms with Gasteiger partial charge in [0.05, 0.1) is 12.3 Å².